The van der Waals surface area contributed by atoms with Crippen molar-refractivity contribution in [2.45, 2.75) is 19.3 Å². The van der Waals surface area contributed by atoms with Gasteiger partial charge in [0, 0.05) is 24.4 Å². The van der Waals surface area contributed by atoms with Crippen molar-refractivity contribution in [2.24, 2.45) is 0 Å². The minimum Gasteiger partial charge on any atom is -0.495 e. The van der Waals surface area contributed by atoms with E-state index < -0.39 is 6.09 Å². The summed E-state index contributed by atoms with van der Waals surface area (Å²) in [6.07, 6.45) is -0.0210. The van der Waals surface area contributed by atoms with E-state index in [1.54, 1.807) is 25.3 Å². The van der Waals surface area contributed by atoms with Gasteiger partial charge in [0.2, 0.25) is 0 Å². The van der Waals surface area contributed by atoms with Crippen LogP contribution in [0.25, 0.3) is 11.1 Å². The Kier molecular flexibility index (Phi) is 6.75. The molecule has 0 aromatic heterocycles. The predicted octanol–water partition coefficient (Wildman–Crippen LogP) is 5.18. The Balaban J connectivity index is 1.31. The molecule has 0 heterocycles. The normalized spacial score (nSPS) is 11.6. The van der Waals surface area contributed by atoms with E-state index in [9.17, 15) is 9.59 Å². The summed E-state index contributed by atoms with van der Waals surface area (Å²) in [4.78, 5) is 23.8. The van der Waals surface area contributed by atoms with Crippen LogP contribution in [0.4, 0.5) is 4.79 Å². The Morgan fingerprint density at radius 3 is 2.27 bits per heavy atom. The van der Waals surface area contributed by atoms with Crippen molar-refractivity contribution < 1.29 is 19.1 Å². The van der Waals surface area contributed by atoms with Crippen LogP contribution in [0.15, 0.2) is 66.7 Å². The fraction of sp³-hybridized carbons (Fsp3) is 0.214. The second-order valence-corrected chi connectivity index (χ2v) is 7.78. The number of hydrogen-bond donors (Lipinski definition) is 1. The fourth-order valence-electron chi connectivity index (χ4n) is 4.06. The molecule has 0 spiro atoms. The third-order valence-electron chi connectivity index (χ3n) is 5.69. The zero-order valence-corrected chi connectivity index (χ0v) is 18.7. The van der Waals surface area contributed by atoms with Crippen LogP contribution in [0.1, 0.15) is 46.3 Å². The van der Waals surface area contributed by atoms with Gasteiger partial charge in [0.05, 0.1) is 12.7 Å². The lowest BCUT2D eigenvalue weighted by Crippen LogP contribution is -2.26. The molecule has 0 atom stereocenters. The molecule has 0 aliphatic heterocycles. The smallest absolute Gasteiger partial charge is 0.407 e. The van der Waals surface area contributed by atoms with Crippen LogP contribution in [0.5, 0.6) is 5.75 Å². The van der Waals surface area contributed by atoms with Crippen LogP contribution in [-0.2, 0) is 4.74 Å². The molecule has 0 saturated heterocycles. The fourth-order valence-corrected chi connectivity index (χ4v) is 4.06. The van der Waals surface area contributed by atoms with Crippen LogP contribution in [0, 0.1) is 11.8 Å². The van der Waals surface area contributed by atoms with Gasteiger partial charge in [-0.2, -0.15) is 0 Å². The number of ketones is 1. The molecule has 0 bridgehead atoms. The maximum absolute atomic E-state index is 12.2. The summed E-state index contributed by atoms with van der Waals surface area (Å²) in [6.45, 7) is 2.15. The standard InChI is InChI=1S/C28H25NO4/c1-19(30)20-14-15-27(32-2)21(17-20)9-7-8-16-29-28(31)33-18-26-24-12-5-3-10-22(24)23-11-4-6-13-25(23)26/h3-6,10-15,17,26H,8,16,18H2,1-2H3,(H,29,31). The summed E-state index contributed by atoms with van der Waals surface area (Å²) < 4.78 is 10.8. The number of amides is 1. The topological polar surface area (TPSA) is 64.6 Å². The van der Waals surface area contributed by atoms with Gasteiger partial charge in [0.15, 0.2) is 5.78 Å². The first-order chi connectivity index (χ1) is 16.1. The number of carbonyl (C=O) groups is 2. The summed E-state index contributed by atoms with van der Waals surface area (Å²) in [7, 11) is 1.56. The molecule has 5 nitrogen and oxygen atoms in total. The highest BCUT2D eigenvalue weighted by molar-refractivity contribution is 5.94. The number of Topliss-reactive ketones (excluding diaryl/α,β-unsaturated/α-hetero) is 1. The number of rotatable bonds is 6. The van der Waals surface area contributed by atoms with Crippen molar-refractivity contribution in [3.05, 3.63) is 89.0 Å². The van der Waals surface area contributed by atoms with Gasteiger partial charge in [-0.15, -0.1) is 0 Å². The van der Waals surface area contributed by atoms with Crippen LogP contribution in [0.3, 0.4) is 0 Å². The van der Waals surface area contributed by atoms with Gasteiger partial charge in [-0.1, -0.05) is 60.4 Å². The molecule has 3 aromatic carbocycles. The Morgan fingerprint density at radius 2 is 1.64 bits per heavy atom. The molecular formula is C28H25NO4. The van der Waals surface area contributed by atoms with E-state index in [4.69, 9.17) is 9.47 Å². The number of alkyl carbamates (subject to hydrolysis) is 1. The zero-order valence-electron chi connectivity index (χ0n) is 18.7. The van der Waals surface area contributed by atoms with Gasteiger partial charge in [-0.3, -0.25) is 4.79 Å². The molecule has 1 aliphatic carbocycles. The Labute approximate surface area is 193 Å². The first kappa shape index (κ1) is 22.2. The summed E-state index contributed by atoms with van der Waals surface area (Å²) in [6, 6.07) is 21.6. The van der Waals surface area contributed by atoms with Crippen LogP contribution in [-0.4, -0.2) is 32.1 Å². The van der Waals surface area contributed by atoms with Crippen molar-refractivity contribution in [1.82, 2.24) is 5.32 Å². The molecule has 5 heteroatoms. The monoisotopic (exact) mass is 439 g/mol. The van der Waals surface area contributed by atoms with Gasteiger partial charge >= 0.3 is 6.09 Å². The van der Waals surface area contributed by atoms with Crippen LogP contribution >= 0.6 is 0 Å². The van der Waals surface area contributed by atoms with Crippen LogP contribution in [0.2, 0.25) is 0 Å². The van der Waals surface area contributed by atoms with Crippen molar-refractivity contribution in [3.8, 4) is 28.7 Å². The third kappa shape index (κ3) is 4.91. The molecule has 3 aromatic rings. The van der Waals surface area contributed by atoms with Gasteiger partial charge in [0.25, 0.3) is 0 Å². The van der Waals surface area contributed by atoms with E-state index in [-0.39, 0.29) is 18.3 Å². The average Bonchev–Trinajstić information content (AvgIpc) is 3.16. The number of nitrogens with one attached hydrogen (secondary N) is 1. The summed E-state index contributed by atoms with van der Waals surface area (Å²) in [5.74, 6) is 6.63. The van der Waals surface area contributed by atoms with Crippen molar-refractivity contribution in [3.63, 3.8) is 0 Å². The number of ether oxygens (including phenoxy) is 2. The number of fused-ring (bicyclic) bond motifs is 3. The molecular weight excluding hydrogens is 414 g/mol. The van der Waals surface area contributed by atoms with Crippen molar-refractivity contribution >= 4 is 11.9 Å². The second kappa shape index (κ2) is 10.1. The van der Waals surface area contributed by atoms with E-state index in [1.807, 2.05) is 24.3 Å². The molecule has 0 fully saturated rings. The largest absolute Gasteiger partial charge is 0.495 e. The van der Waals surface area contributed by atoms with E-state index in [0.29, 0.717) is 29.8 Å². The highest BCUT2D eigenvalue weighted by Crippen LogP contribution is 2.44. The lowest BCUT2D eigenvalue weighted by atomic mass is 9.98. The number of benzene rings is 3. The van der Waals surface area contributed by atoms with Crippen molar-refractivity contribution in [1.29, 1.82) is 0 Å². The Bertz CT molecular complexity index is 1210. The summed E-state index contributed by atoms with van der Waals surface area (Å²) in [5, 5.41) is 2.75. The second-order valence-electron chi connectivity index (χ2n) is 7.78. The maximum Gasteiger partial charge on any atom is 0.407 e. The number of methoxy groups -OCH3 is 1. The minimum atomic E-state index is -0.463. The van der Waals surface area contributed by atoms with E-state index in [0.717, 1.165) is 0 Å². The average molecular weight is 440 g/mol. The molecule has 0 saturated carbocycles. The highest BCUT2D eigenvalue weighted by Gasteiger charge is 2.28. The predicted molar refractivity (Wildman–Crippen MR) is 128 cm³/mol. The number of carbonyl (C=O) groups excluding carboxylic acids is 2. The summed E-state index contributed by atoms with van der Waals surface area (Å²) >= 11 is 0. The van der Waals surface area contributed by atoms with Crippen molar-refractivity contribution in [2.75, 3.05) is 20.3 Å². The molecule has 1 N–H and O–H groups in total. The van der Waals surface area contributed by atoms with E-state index >= 15 is 0 Å². The molecule has 0 radical (unpaired) electrons. The molecule has 166 valence electrons. The lowest BCUT2D eigenvalue weighted by Gasteiger charge is -2.14. The molecule has 1 amide bonds. The maximum atomic E-state index is 12.2. The number of hydrogen-bond acceptors (Lipinski definition) is 4. The van der Waals surface area contributed by atoms with E-state index in [1.165, 1.54) is 29.2 Å². The first-order valence-corrected chi connectivity index (χ1v) is 10.8. The summed E-state index contributed by atoms with van der Waals surface area (Å²) in [5.41, 5.74) is 5.98. The SMILES string of the molecule is COc1ccc(C(C)=O)cc1C#CCCNC(=O)OCC1c2ccccc2-c2ccccc21. The molecule has 4 rings (SSSR count). The van der Waals surface area contributed by atoms with Gasteiger partial charge in [0.1, 0.15) is 12.4 Å². The lowest BCUT2D eigenvalue weighted by molar-refractivity contribution is 0.101. The third-order valence-corrected chi connectivity index (χ3v) is 5.69. The molecule has 0 unspecified atom stereocenters. The molecule has 1 aliphatic rings. The quantitative estimate of drug-likeness (QED) is 0.327. The minimum absolute atomic E-state index is 0.0300. The Morgan fingerprint density at radius 1 is 0.970 bits per heavy atom. The van der Waals surface area contributed by atoms with Gasteiger partial charge in [-0.05, 0) is 47.4 Å². The molecule has 33 heavy (non-hydrogen) atoms. The first-order valence-electron chi connectivity index (χ1n) is 10.8. The zero-order chi connectivity index (χ0) is 23.2. The van der Waals surface area contributed by atoms with Gasteiger partial charge in [-0.25, -0.2) is 4.79 Å². The van der Waals surface area contributed by atoms with Gasteiger partial charge < -0.3 is 14.8 Å². The highest BCUT2D eigenvalue weighted by atomic mass is 16.5. The van der Waals surface area contributed by atoms with Crippen LogP contribution < -0.4 is 10.1 Å². The Hall–Kier alpha value is -4.04. The van der Waals surface area contributed by atoms with E-state index in [2.05, 4.69) is 41.4 Å².